The zero-order valence-electron chi connectivity index (χ0n) is 9.87. The van der Waals surface area contributed by atoms with E-state index in [0.29, 0.717) is 24.6 Å². The van der Waals surface area contributed by atoms with Crippen LogP contribution in [-0.4, -0.2) is 28.2 Å². The summed E-state index contributed by atoms with van der Waals surface area (Å²) in [6.07, 6.45) is 2.17. The van der Waals surface area contributed by atoms with Crippen LogP contribution in [0.2, 0.25) is 0 Å². The van der Waals surface area contributed by atoms with Gasteiger partial charge >= 0.3 is 0 Å². The molecule has 2 amide bonds. The molecule has 5 heteroatoms. The van der Waals surface area contributed by atoms with Gasteiger partial charge in [-0.2, -0.15) is 0 Å². The van der Waals surface area contributed by atoms with E-state index in [1.807, 2.05) is 0 Å². The first-order valence-electron chi connectivity index (χ1n) is 5.67. The summed E-state index contributed by atoms with van der Waals surface area (Å²) in [6.45, 7) is 4.69. The Labute approximate surface area is 109 Å². The standard InChI is InChI=1S/C12H15BrN2O2/c1-7(2)8-3-11(16)15(6-8)12(17)10-4-9(13)5-14-10/h4-5,7-8,14H,3,6H2,1-2H3. The number of nitrogens with one attached hydrogen (secondary N) is 1. The number of aromatic amines is 1. The molecule has 0 aliphatic carbocycles. The van der Waals surface area contributed by atoms with Gasteiger partial charge in [0, 0.05) is 23.6 Å². The lowest BCUT2D eigenvalue weighted by molar-refractivity contribution is -0.125. The molecule has 92 valence electrons. The normalized spacial score (nSPS) is 20.4. The Kier molecular flexibility index (Phi) is 3.38. The Hall–Kier alpha value is -1.10. The first-order valence-corrected chi connectivity index (χ1v) is 6.47. The van der Waals surface area contributed by atoms with Crippen LogP contribution in [0.1, 0.15) is 30.8 Å². The first kappa shape index (κ1) is 12.4. The summed E-state index contributed by atoms with van der Waals surface area (Å²) in [4.78, 5) is 28.1. The van der Waals surface area contributed by atoms with Crippen LogP contribution in [0.15, 0.2) is 16.7 Å². The topological polar surface area (TPSA) is 53.2 Å². The fourth-order valence-electron chi connectivity index (χ4n) is 2.01. The van der Waals surface area contributed by atoms with Crippen molar-refractivity contribution in [3.63, 3.8) is 0 Å². The number of nitrogens with zero attached hydrogens (tertiary/aromatic N) is 1. The molecule has 0 spiro atoms. The molecular formula is C12H15BrN2O2. The third kappa shape index (κ3) is 2.44. The quantitative estimate of drug-likeness (QED) is 0.853. The van der Waals surface area contributed by atoms with Crippen molar-refractivity contribution in [2.45, 2.75) is 20.3 Å². The van der Waals surface area contributed by atoms with Gasteiger partial charge in [0.1, 0.15) is 5.69 Å². The predicted molar refractivity (Wildman–Crippen MR) is 67.5 cm³/mol. The summed E-state index contributed by atoms with van der Waals surface area (Å²) in [5.74, 6) is 0.403. The van der Waals surface area contributed by atoms with Crippen molar-refractivity contribution < 1.29 is 9.59 Å². The van der Waals surface area contributed by atoms with Gasteiger partial charge in [0.2, 0.25) is 5.91 Å². The number of imide groups is 1. The molecule has 1 aliphatic rings. The largest absolute Gasteiger partial charge is 0.356 e. The van der Waals surface area contributed by atoms with Gasteiger partial charge < -0.3 is 4.98 Å². The molecular weight excluding hydrogens is 284 g/mol. The summed E-state index contributed by atoms with van der Waals surface area (Å²) in [5, 5.41) is 0. The average molecular weight is 299 g/mol. The van der Waals surface area contributed by atoms with Gasteiger partial charge in [0.05, 0.1) is 0 Å². The van der Waals surface area contributed by atoms with Crippen LogP contribution in [0.25, 0.3) is 0 Å². The Morgan fingerprint density at radius 3 is 2.76 bits per heavy atom. The lowest BCUT2D eigenvalue weighted by Gasteiger charge is -2.15. The van der Waals surface area contributed by atoms with Gasteiger partial charge in [-0.25, -0.2) is 0 Å². The molecule has 1 unspecified atom stereocenters. The molecule has 1 saturated heterocycles. The van der Waals surface area contributed by atoms with Crippen LogP contribution in [0.4, 0.5) is 0 Å². The van der Waals surface area contributed by atoms with Crippen molar-refractivity contribution in [2.24, 2.45) is 11.8 Å². The Bertz CT molecular complexity index is 453. The third-order valence-corrected chi connectivity index (χ3v) is 3.68. The Morgan fingerprint density at radius 1 is 1.59 bits per heavy atom. The second kappa shape index (κ2) is 4.64. The van der Waals surface area contributed by atoms with Crippen molar-refractivity contribution in [1.82, 2.24) is 9.88 Å². The summed E-state index contributed by atoms with van der Waals surface area (Å²) in [5.41, 5.74) is 0.453. The Morgan fingerprint density at radius 2 is 2.29 bits per heavy atom. The van der Waals surface area contributed by atoms with Gasteiger partial charge in [-0.15, -0.1) is 0 Å². The minimum absolute atomic E-state index is 0.0700. The molecule has 0 saturated carbocycles. The molecule has 0 aromatic carbocycles. The molecule has 4 nitrogen and oxygen atoms in total. The minimum atomic E-state index is -0.233. The van der Waals surface area contributed by atoms with Crippen LogP contribution >= 0.6 is 15.9 Å². The van der Waals surface area contributed by atoms with Crippen LogP contribution in [-0.2, 0) is 4.79 Å². The van der Waals surface area contributed by atoms with Crippen molar-refractivity contribution in [2.75, 3.05) is 6.54 Å². The molecule has 0 radical (unpaired) electrons. The van der Waals surface area contributed by atoms with E-state index in [0.717, 1.165) is 4.47 Å². The highest BCUT2D eigenvalue weighted by atomic mass is 79.9. The summed E-state index contributed by atoms with van der Waals surface area (Å²) in [7, 11) is 0. The van der Waals surface area contributed by atoms with Crippen LogP contribution in [0.5, 0.6) is 0 Å². The highest BCUT2D eigenvalue weighted by Crippen LogP contribution is 2.26. The lowest BCUT2D eigenvalue weighted by Crippen LogP contribution is -2.32. The average Bonchev–Trinajstić information content (AvgIpc) is 2.84. The molecule has 1 aromatic rings. The molecule has 1 aromatic heterocycles. The fourth-order valence-corrected chi connectivity index (χ4v) is 2.36. The zero-order valence-corrected chi connectivity index (χ0v) is 11.5. The molecule has 1 N–H and O–H groups in total. The summed E-state index contributed by atoms with van der Waals surface area (Å²) < 4.78 is 0.813. The van der Waals surface area contributed by atoms with Crippen molar-refractivity contribution in [3.05, 3.63) is 22.4 Å². The molecule has 2 heterocycles. The maximum Gasteiger partial charge on any atom is 0.276 e. The Balaban J connectivity index is 2.13. The van der Waals surface area contributed by atoms with E-state index in [-0.39, 0.29) is 17.7 Å². The molecule has 0 bridgehead atoms. The monoisotopic (exact) mass is 298 g/mol. The van der Waals surface area contributed by atoms with E-state index >= 15 is 0 Å². The van der Waals surface area contributed by atoms with Crippen molar-refractivity contribution in [1.29, 1.82) is 0 Å². The summed E-state index contributed by atoms with van der Waals surface area (Å²) in [6, 6.07) is 1.69. The number of H-pyrrole nitrogens is 1. The van der Waals surface area contributed by atoms with E-state index < -0.39 is 0 Å². The van der Waals surface area contributed by atoms with Gasteiger partial charge in [0.25, 0.3) is 5.91 Å². The highest BCUT2D eigenvalue weighted by Gasteiger charge is 2.35. The third-order valence-electron chi connectivity index (χ3n) is 3.22. The number of aromatic nitrogens is 1. The number of likely N-dealkylation sites (tertiary alicyclic amines) is 1. The van der Waals surface area contributed by atoms with Gasteiger partial charge in [-0.3, -0.25) is 14.5 Å². The second-order valence-electron chi connectivity index (χ2n) is 4.75. The highest BCUT2D eigenvalue weighted by molar-refractivity contribution is 9.10. The maximum atomic E-state index is 12.1. The second-order valence-corrected chi connectivity index (χ2v) is 5.66. The van der Waals surface area contributed by atoms with Gasteiger partial charge in [-0.1, -0.05) is 13.8 Å². The fraction of sp³-hybridized carbons (Fsp3) is 0.500. The number of amides is 2. The van der Waals surface area contributed by atoms with Gasteiger partial charge in [0.15, 0.2) is 0 Å². The summed E-state index contributed by atoms with van der Waals surface area (Å²) >= 11 is 3.27. The molecule has 1 atom stereocenters. The van der Waals surface area contributed by atoms with Gasteiger partial charge in [-0.05, 0) is 33.8 Å². The number of hydrogen-bond donors (Lipinski definition) is 1. The number of carbonyl (C=O) groups is 2. The van der Waals surface area contributed by atoms with Crippen LogP contribution in [0.3, 0.4) is 0 Å². The van der Waals surface area contributed by atoms with E-state index in [2.05, 4.69) is 34.8 Å². The number of rotatable bonds is 2. The van der Waals surface area contributed by atoms with E-state index in [1.54, 1.807) is 12.3 Å². The van der Waals surface area contributed by atoms with Crippen LogP contribution in [0, 0.1) is 11.8 Å². The van der Waals surface area contributed by atoms with Crippen molar-refractivity contribution >= 4 is 27.7 Å². The zero-order chi connectivity index (χ0) is 12.6. The predicted octanol–water partition coefficient (Wildman–Crippen LogP) is 2.42. The van der Waals surface area contributed by atoms with E-state index in [1.165, 1.54) is 4.90 Å². The molecule has 1 aliphatic heterocycles. The van der Waals surface area contributed by atoms with E-state index in [9.17, 15) is 9.59 Å². The molecule has 17 heavy (non-hydrogen) atoms. The maximum absolute atomic E-state index is 12.1. The molecule has 1 fully saturated rings. The SMILES string of the molecule is CC(C)C1CC(=O)N(C(=O)c2cc(Br)c[nH]2)C1. The minimum Gasteiger partial charge on any atom is -0.356 e. The lowest BCUT2D eigenvalue weighted by atomic mass is 9.95. The number of carbonyl (C=O) groups excluding carboxylic acids is 2. The molecule has 2 rings (SSSR count). The smallest absolute Gasteiger partial charge is 0.276 e. The number of hydrogen-bond acceptors (Lipinski definition) is 2. The van der Waals surface area contributed by atoms with E-state index in [4.69, 9.17) is 0 Å². The van der Waals surface area contributed by atoms with Crippen LogP contribution < -0.4 is 0 Å². The number of halogens is 1. The first-order chi connectivity index (χ1) is 7.99. The van der Waals surface area contributed by atoms with Crippen molar-refractivity contribution in [3.8, 4) is 0 Å².